The molecule has 4 rings (SSSR count). The number of carbonyl (C=O) groups is 2. The second-order valence-electron chi connectivity index (χ2n) is 6.88. The Hall–Kier alpha value is -4.17. The van der Waals surface area contributed by atoms with Gasteiger partial charge in [-0.25, -0.2) is 5.01 Å². The second-order valence-corrected chi connectivity index (χ2v) is 7.29. The highest BCUT2D eigenvalue weighted by atomic mass is 35.5. The molecule has 0 aromatic heterocycles. The number of hydrogen-bond donors (Lipinski definition) is 1. The van der Waals surface area contributed by atoms with E-state index < -0.39 is 16.7 Å². The van der Waals surface area contributed by atoms with Gasteiger partial charge in [0.25, 0.3) is 17.5 Å². The van der Waals surface area contributed by atoms with Gasteiger partial charge in [-0.05, 0) is 41.5 Å². The molecule has 1 aliphatic rings. The van der Waals surface area contributed by atoms with Crippen LogP contribution in [0.15, 0.2) is 78.4 Å². The van der Waals surface area contributed by atoms with E-state index in [9.17, 15) is 19.7 Å². The Bertz CT molecular complexity index is 1240. The van der Waals surface area contributed by atoms with Gasteiger partial charge in [-0.1, -0.05) is 48.0 Å². The molecule has 0 unspecified atom stereocenters. The Morgan fingerprint density at radius 2 is 1.81 bits per heavy atom. The lowest BCUT2D eigenvalue weighted by atomic mass is 10.1. The number of hydrogen-bond acceptors (Lipinski definition) is 5. The number of halogens is 1. The standard InChI is InChI=1S/C23H16ClN3O5/c24-20-13-15(9-10-21(20)32-14-16-5-4-8-18(11-16)27(30)31)12-19-22(28)25-26(23(19)29)17-6-2-1-3-7-17/h1-13H,14H2,(H,25,28). The number of carbonyl (C=O) groups excluding carboxylic acids is 2. The van der Waals surface area contributed by atoms with E-state index in [1.165, 1.54) is 23.2 Å². The number of para-hydroxylation sites is 1. The summed E-state index contributed by atoms with van der Waals surface area (Å²) in [6.07, 6.45) is 1.46. The van der Waals surface area contributed by atoms with Crippen molar-refractivity contribution in [3.63, 3.8) is 0 Å². The van der Waals surface area contributed by atoms with Crippen molar-refractivity contribution in [2.24, 2.45) is 0 Å². The van der Waals surface area contributed by atoms with Crippen LogP contribution in [0.4, 0.5) is 11.4 Å². The number of nitro benzene ring substituents is 1. The summed E-state index contributed by atoms with van der Waals surface area (Å²) in [6.45, 7) is 0.0920. The quantitative estimate of drug-likeness (QED) is 0.262. The minimum Gasteiger partial charge on any atom is -0.487 e. The van der Waals surface area contributed by atoms with Crippen LogP contribution in [0.1, 0.15) is 11.1 Å². The number of rotatable bonds is 6. The minimum atomic E-state index is -0.513. The monoisotopic (exact) mass is 449 g/mol. The Balaban J connectivity index is 1.49. The third-order valence-corrected chi connectivity index (χ3v) is 4.98. The first-order valence-corrected chi connectivity index (χ1v) is 9.88. The van der Waals surface area contributed by atoms with Crippen molar-refractivity contribution in [3.8, 4) is 5.75 Å². The predicted molar refractivity (Wildman–Crippen MR) is 119 cm³/mol. The zero-order valence-corrected chi connectivity index (χ0v) is 17.3. The highest BCUT2D eigenvalue weighted by molar-refractivity contribution is 6.33. The largest absolute Gasteiger partial charge is 0.487 e. The predicted octanol–water partition coefficient (Wildman–Crippen LogP) is 4.29. The summed E-state index contributed by atoms with van der Waals surface area (Å²) in [6, 6.07) is 19.7. The van der Waals surface area contributed by atoms with Gasteiger partial charge in [0.05, 0.1) is 15.6 Å². The maximum Gasteiger partial charge on any atom is 0.282 e. The van der Waals surface area contributed by atoms with Gasteiger partial charge in [-0.15, -0.1) is 0 Å². The molecule has 1 fully saturated rings. The maximum absolute atomic E-state index is 12.7. The zero-order valence-electron chi connectivity index (χ0n) is 16.5. The molecule has 1 heterocycles. The molecule has 3 aromatic rings. The van der Waals surface area contributed by atoms with E-state index in [-0.39, 0.29) is 22.9 Å². The van der Waals surface area contributed by atoms with Crippen LogP contribution in [0.3, 0.4) is 0 Å². The van der Waals surface area contributed by atoms with Crippen LogP contribution in [0.5, 0.6) is 5.75 Å². The minimum absolute atomic E-state index is 0.0183. The molecule has 1 aliphatic heterocycles. The average Bonchev–Trinajstić information content (AvgIpc) is 3.07. The topological polar surface area (TPSA) is 102 Å². The van der Waals surface area contributed by atoms with Crippen LogP contribution >= 0.6 is 11.6 Å². The molecule has 0 bridgehead atoms. The summed E-state index contributed by atoms with van der Waals surface area (Å²) in [5, 5.41) is 12.4. The molecule has 32 heavy (non-hydrogen) atoms. The van der Waals surface area contributed by atoms with Gasteiger partial charge in [0, 0.05) is 12.1 Å². The first-order chi connectivity index (χ1) is 15.4. The molecule has 0 radical (unpaired) electrons. The molecule has 3 aromatic carbocycles. The highest BCUT2D eigenvalue weighted by Gasteiger charge is 2.34. The van der Waals surface area contributed by atoms with E-state index in [2.05, 4.69) is 5.43 Å². The molecular weight excluding hydrogens is 434 g/mol. The number of non-ortho nitro benzene ring substituents is 1. The number of nitrogens with one attached hydrogen (secondary N) is 1. The Morgan fingerprint density at radius 1 is 1.03 bits per heavy atom. The van der Waals surface area contributed by atoms with Crippen LogP contribution in [0, 0.1) is 10.1 Å². The highest BCUT2D eigenvalue weighted by Crippen LogP contribution is 2.29. The van der Waals surface area contributed by atoms with Crippen molar-refractivity contribution in [2.45, 2.75) is 6.61 Å². The van der Waals surface area contributed by atoms with Crippen molar-refractivity contribution < 1.29 is 19.2 Å². The van der Waals surface area contributed by atoms with Crippen molar-refractivity contribution >= 4 is 40.9 Å². The molecular formula is C23H16ClN3O5. The van der Waals surface area contributed by atoms with E-state index in [0.29, 0.717) is 22.6 Å². The van der Waals surface area contributed by atoms with E-state index >= 15 is 0 Å². The summed E-state index contributed by atoms with van der Waals surface area (Å²) in [5.41, 5.74) is 4.22. The van der Waals surface area contributed by atoms with Crippen molar-refractivity contribution in [1.82, 2.24) is 5.43 Å². The summed E-state index contributed by atoms with van der Waals surface area (Å²) in [7, 11) is 0. The van der Waals surface area contributed by atoms with Crippen molar-refractivity contribution in [1.29, 1.82) is 0 Å². The van der Waals surface area contributed by atoms with Crippen molar-refractivity contribution in [2.75, 3.05) is 5.01 Å². The van der Waals surface area contributed by atoms with E-state index in [1.54, 1.807) is 54.6 Å². The van der Waals surface area contributed by atoms with Gasteiger partial charge < -0.3 is 4.74 Å². The van der Waals surface area contributed by atoms with E-state index in [4.69, 9.17) is 16.3 Å². The lowest BCUT2D eigenvalue weighted by molar-refractivity contribution is -0.384. The third-order valence-electron chi connectivity index (χ3n) is 4.69. The molecule has 0 saturated carbocycles. The second kappa shape index (κ2) is 8.91. The number of ether oxygens (including phenoxy) is 1. The number of amides is 2. The van der Waals surface area contributed by atoms with Crippen LogP contribution in [0.2, 0.25) is 5.02 Å². The van der Waals surface area contributed by atoms with Crippen molar-refractivity contribution in [3.05, 3.63) is 105 Å². The third kappa shape index (κ3) is 4.45. The summed E-state index contributed by atoms with van der Waals surface area (Å²) in [4.78, 5) is 35.4. The number of nitro groups is 1. The van der Waals surface area contributed by atoms with E-state index in [0.717, 1.165) is 0 Å². The molecule has 0 atom stereocenters. The summed E-state index contributed by atoms with van der Waals surface area (Å²) >= 11 is 6.30. The van der Waals surface area contributed by atoms with Gasteiger partial charge in [-0.2, -0.15) is 0 Å². The lowest BCUT2D eigenvalue weighted by Crippen LogP contribution is -2.35. The van der Waals surface area contributed by atoms with Crippen LogP contribution in [0.25, 0.3) is 6.08 Å². The average molecular weight is 450 g/mol. The number of nitrogens with zero attached hydrogens (tertiary/aromatic N) is 2. The first kappa shape index (κ1) is 21.1. The molecule has 0 aliphatic carbocycles. The Labute approximate surface area is 187 Å². The molecule has 9 heteroatoms. The summed E-state index contributed by atoms with van der Waals surface area (Å²) in [5.74, 6) is -0.613. The normalized spacial score (nSPS) is 14.5. The molecule has 8 nitrogen and oxygen atoms in total. The van der Waals surface area contributed by atoms with Crippen LogP contribution < -0.4 is 15.2 Å². The maximum atomic E-state index is 12.7. The SMILES string of the molecule is O=C1NN(c2ccccc2)C(=O)C1=Cc1ccc(OCc2cccc([N+](=O)[O-])c2)c(Cl)c1. The van der Waals surface area contributed by atoms with Gasteiger partial charge in [0.1, 0.15) is 17.9 Å². The molecule has 0 spiro atoms. The smallest absolute Gasteiger partial charge is 0.282 e. The lowest BCUT2D eigenvalue weighted by Gasteiger charge is -2.13. The van der Waals surface area contributed by atoms with Gasteiger partial charge in [0.2, 0.25) is 0 Å². The summed E-state index contributed by atoms with van der Waals surface area (Å²) < 4.78 is 5.67. The number of anilines is 1. The fraction of sp³-hybridized carbons (Fsp3) is 0.0435. The Morgan fingerprint density at radius 3 is 2.53 bits per heavy atom. The molecule has 160 valence electrons. The molecule has 2 amide bonds. The Kier molecular flexibility index (Phi) is 5.87. The molecule has 1 saturated heterocycles. The van der Waals surface area contributed by atoms with Gasteiger partial charge >= 0.3 is 0 Å². The zero-order chi connectivity index (χ0) is 22.7. The first-order valence-electron chi connectivity index (χ1n) is 9.50. The van der Waals surface area contributed by atoms with Crippen LogP contribution in [-0.4, -0.2) is 16.7 Å². The number of benzene rings is 3. The fourth-order valence-corrected chi connectivity index (χ4v) is 3.37. The van der Waals surface area contributed by atoms with Gasteiger partial charge in [0.15, 0.2) is 0 Å². The number of hydrazine groups is 1. The molecule has 1 N–H and O–H groups in total. The van der Waals surface area contributed by atoms with E-state index in [1.807, 2.05) is 6.07 Å². The fourth-order valence-electron chi connectivity index (χ4n) is 3.13. The van der Waals surface area contributed by atoms with Gasteiger partial charge in [-0.3, -0.25) is 25.1 Å². The van der Waals surface area contributed by atoms with Crippen LogP contribution in [-0.2, 0) is 16.2 Å².